The molecule has 0 radical (unpaired) electrons. The average Bonchev–Trinajstić information content (AvgIpc) is 3.20. The summed E-state index contributed by atoms with van der Waals surface area (Å²) in [6.45, 7) is 6.70. The van der Waals surface area contributed by atoms with E-state index in [0.717, 1.165) is 27.9 Å². The fraction of sp³-hybridized carbons (Fsp3) is 0.292. The number of nitriles is 1. The summed E-state index contributed by atoms with van der Waals surface area (Å²) >= 11 is 0. The van der Waals surface area contributed by atoms with E-state index in [0.29, 0.717) is 31.7 Å². The molecule has 7 nitrogen and oxygen atoms in total. The lowest BCUT2D eigenvalue weighted by Crippen LogP contribution is -2.32. The van der Waals surface area contributed by atoms with Crippen LogP contribution in [0.15, 0.2) is 55.0 Å². The van der Waals surface area contributed by atoms with Crippen molar-refractivity contribution in [2.45, 2.75) is 33.5 Å². The summed E-state index contributed by atoms with van der Waals surface area (Å²) in [4.78, 5) is 16.2. The van der Waals surface area contributed by atoms with Crippen molar-refractivity contribution in [3.8, 4) is 6.07 Å². The first kappa shape index (κ1) is 22.1. The van der Waals surface area contributed by atoms with Crippen LogP contribution in [-0.4, -0.2) is 28.7 Å². The van der Waals surface area contributed by atoms with Crippen molar-refractivity contribution >= 4 is 6.09 Å². The van der Waals surface area contributed by atoms with Crippen LogP contribution in [0, 0.1) is 25.2 Å². The van der Waals surface area contributed by atoms with E-state index in [2.05, 4.69) is 26.3 Å². The third-order valence-electron chi connectivity index (χ3n) is 5.10. The standard InChI is InChI=1S/C24H27N5O2/c1-18-4-3-5-19(2)23(18)16-31-24(30)28-11-10-26-13-22-14-27-17-29(22)15-21-8-6-20(12-25)7-9-21/h3-9,14,17,26H,10-11,13,15-16H2,1-2H3,(H,28,30). The fourth-order valence-electron chi connectivity index (χ4n) is 3.25. The molecule has 160 valence electrons. The zero-order chi connectivity index (χ0) is 22.1. The molecule has 0 saturated carbocycles. The van der Waals surface area contributed by atoms with Gasteiger partial charge < -0.3 is 19.9 Å². The first-order valence-corrected chi connectivity index (χ1v) is 10.2. The normalized spacial score (nSPS) is 10.5. The van der Waals surface area contributed by atoms with Gasteiger partial charge in [-0.3, -0.25) is 0 Å². The van der Waals surface area contributed by atoms with E-state index < -0.39 is 6.09 Å². The average molecular weight is 418 g/mol. The summed E-state index contributed by atoms with van der Waals surface area (Å²) in [7, 11) is 0. The second-order valence-corrected chi connectivity index (χ2v) is 7.37. The third-order valence-corrected chi connectivity index (χ3v) is 5.10. The molecule has 1 aromatic heterocycles. The molecule has 0 spiro atoms. The topological polar surface area (TPSA) is 92.0 Å². The Kier molecular flexibility index (Phi) is 7.79. The number of hydrogen-bond acceptors (Lipinski definition) is 5. The van der Waals surface area contributed by atoms with Crippen LogP contribution in [0.3, 0.4) is 0 Å². The van der Waals surface area contributed by atoms with Crippen molar-refractivity contribution in [1.82, 2.24) is 20.2 Å². The van der Waals surface area contributed by atoms with Gasteiger partial charge in [-0.1, -0.05) is 30.3 Å². The molecule has 31 heavy (non-hydrogen) atoms. The molecule has 0 aliphatic heterocycles. The van der Waals surface area contributed by atoms with Crippen LogP contribution < -0.4 is 10.6 Å². The minimum Gasteiger partial charge on any atom is -0.445 e. The smallest absolute Gasteiger partial charge is 0.407 e. The number of amides is 1. The van der Waals surface area contributed by atoms with Crippen molar-refractivity contribution in [2.24, 2.45) is 0 Å². The molecule has 2 N–H and O–H groups in total. The molecular weight excluding hydrogens is 390 g/mol. The number of carbonyl (C=O) groups excluding carboxylic acids is 1. The first-order valence-electron chi connectivity index (χ1n) is 10.2. The first-order chi connectivity index (χ1) is 15.1. The molecule has 0 aliphatic carbocycles. The summed E-state index contributed by atoms with van der Waals surface area (Å²) < 4.78 is 7.39. The Hall–Kier alpha value is -3.63. The van der Waals surface area contributed by atoms with Gasteiger partial charge in [-0.15, -0.1) is 0 Å². The summed E-state index contributed by atoms with van der Waals surface area (Å²) in [6.07, 6.45) is 3.19. The molecule has 0 aliphatic rings. The number of hydrogen-bond donors (Lipinski definition) is 2. The van der Waals surface area contributed by atoms with Gasteiger partial charge in [-0.05, 0) is 48.2 Å². The Balaban J connectivity index is 1.37. The van der Waals surface area contributed by atoms with Crippen LogP contribution in [0.5, 0.6) is 0 Å². The number of ether oxygens (including phenoxy) is 1. The monoisotopic (exact) mass is 417 g/mol. The SMILES string of the molecule is Cc1cccc(C)c1COC(=O)NCCNCc1cncn1Cc1ccc(C#N)cc1. The summed E-state index contributed by atoms with van der Waals surface area (Å²) in [6, 6.07) is 15.7. The Morgan fingerprint density at radius 3 is 2.58 bits per heavy atom. The number of aromatic nitrogens is 2. The van der Waals surface area contributed by atoms with Crippen LogP contribution in [0.25, 0.3) is 0 Å². The molecule has 0 saturated heterocycles. The number of nitrogens with one attached hydrogen (secondary N) is 2. The lowest BCUT2D eigenvalue weighted by atomic mass is 10.0. The molecule has 3 rings (SSSR count). The van der Waals surface area contributed by atoms with E-state index in [9.17, 15) is 4.79 Å². The molecule has 0 unspecified atom stereocenters. The quantitative estimate of drug-likeness (QED) is 0.521. The van der Waals surface area contributed by atoms with Gasteiger partial charge in [0, 0.05) is 32.4 Å². The third kappa shape index (κ3) is 6.43. The Labute approximate surface area is 182 Å². The fourth-order valence-corrected chi connectivity index (χ4v) is 3.25. The molecule has 3 aromatic rings. The predicted molar refractivity (Wildman–Crippen MR) is 118 cm³/mol. The maximum Gasteiger partial charge on any atom is 0.407 e. The molecule has 0 fully saturated rings. The van der Waals surface area contributed by atoms with Gasteiger partial charge >= 0.3 is 6.09 Å². The van der Waals surface area contributed by atoms with E-state index in [-0.39, 0.29) is 6.61 Å². The molecule has 2 aromatic carbocycles. The maximum atomic E-state index is 11.9. The van der Waals surface area contributed by atoms with Crippen LogP contribution in [0.2, 0.25) is 0 Å². The Morgan fingerprint density at radius 2 is 1.87 bits per heavy atom. The maximum absolute atomic E-state index is 11.9. The lowest BCUT2D eigenvalue weighted by Gasteiger charge is -2.12. The van der Waals surface area contributed by atoms with E-state index in [1.807, 2.05) is 62.5 Å². The molecular formula is C24H27N5O2. The van der Waals surface area contributed by atoms with Gasteiger partial charge in [-0.25, -0.2) is 9.78 Å². The van der Waals surface area contributed by atoms with E-state index in [4.69, 9.17) is 10.00 Å². The predicted octanol–water partition coefficient (Wildman–Crippen LogP) is 3.44. The van der Waals surface area contributed by atoms with Crippen molar-refractivity contribution in [2.75, 3.05) is 13.1 Å². The van der Waals surface area contributed by atoms with Crippen molar-refractivity contribution < 1.29 is 9.53 Å². The number of imidazole rings is 1. The highest BCUT2D eigenvalue weighted by molar-refractivity contribution is 5.67. The molecule has 0 atom stereocenters. The second-order valence-electron chi connectivity index (χ2n) is 7.37. The molecule has 1 heterocycles. The van der Waals surface area contributed by atoms with Gasteiger partial charge in [0.05, 0.1) is 23.7 Å². The molecule has 7 heteroatoms. The van der Waals surface area contributed by atoms with E-state index in [1.54, 1.807) is 6.33 Å². The molecule has 1 amide bonds. The lowest BCUT2D eigenvalue weighted by molar-refractivity contribution is 0.139. The number of benzene rings is 2. The second kappa shape index (κ2) is 11.0. The minimum atomic E-state index is -0.421. The number of carbonyl (C=O) groups is 1. The van der Waals surface area contributed by atoms with Crippen LogP contribution in [-0.2, 0) is 24.4 Å². The summed E-state index contributed by atoms with van der Waals surface area (Å²) in [5, 5.41) is 15.0. The molecule has 0 bridgehead atoms. The van der Waals surface area contributed by atoms with Gasteiger partial charge in [0.15, 0.2) is 0 Å². The Morgan fingerprint density at radius 1 is 1.13 bits per heavy atom. The van der Waals surface area contributed by atoms with Gasteiger partial charge in [-0.2, -0.15) is 5.26 Å². The van der Waals surface area contributed by atoms with Crippen molar-refractivity contribution in [3.05, 3.63) is 88.5 Å². The summed E-state index contributed by atoms with van der Waals surface area (Å²) in [5.41, 5.74) is 6.08. The highest BCUT2D eigenvalue weighted by atomic mass is 16.5. The Bertz CT molecular complexity index is 1030. The van der Waals surface area contributed by atoms with E-state index in [1.165, 1.54) is 0 Å². The van der Waals surface area contributed by atoms with Gasteiger partial charge in [0.1, 0.15) is 6.61 Å². The number of alkyl carbamates (subject to hydrolysis) is 1. The number of aryl methyl sites for hydroxylation is 2. The van der Waals surface area contributed by atoms with Gasteiger partial charge in [0.2, 0.25) is 0 Å². The zero-order valence-electron chi connectivity index (χ0n) is 17.9. The minimum absolute atomic E-state index is 0.270. The highest BCUT2D eigenvalue weighted by Crippen LogP contribution is 2.14. The zero-order valence-corrected chi connectivity index (χ0v) is 17.9. The van der Waals surface area contributed by atoms with Crippen LogP contribution in [0.1, 0.15) is 33.5 Å². The van der Waals surface area contributed by atoms with Crippen LogP contribution in [0.4, 0.5) is 4.79 Å². The van der Waals surface area contributed by atoms with Crippen LogP contribution >= 0.6 is 0 Å². The number of nitrogens with zero attached hydrogens (tertiary/aromatic N) is 3. The largest absolute Gasteiger partial charge is 0.445 e. The van der Waals surface area contributed by atoms with Gasteiger partial charge in [0.25, 0.3) is 0 Å². The van der Waals surface area contributed by atoms with E-state index >= 15 is 0 Å². The van der Waals surface area contributed by atoms with Crippen molar-refractivity contribution in [3.63, 3.8) is 0 Å². The highest BCUT2D eigenvalue weighted by Gasteiger charge is 2.07. The van der Waals surface area contributed by atoms with Crippen molar-refractivity contribution in [1.29, 1.82) is 5.26 Å². The summed E-state index contributed by atoms with van der Waals surface area (Å²) in [5.74, 6) is 0. The number of rotatable bonds is 9.